The van der Waals surface area contributed by atoms with E-state index in [9.17, 15) is 4.79 Å². The van der Waals surface area contributed by atoms with E-state index in [1.54, 1.807) is 11.9 Å². The van der Waals surface area contributed by atoms with Crippen LogP contribution in [-0.4, -0.2) is 18.7 Å². The summed E-state index contributed by atoms with van der Waals surface area (Å²) in [5, 5.41) is 4.02. The molecular weight excluding hydrogens is 252 g/mol. The zero-order valence-electron chi connectivity index (χ0n) is 11.1. The second-order valence-corrected chi connectivity index (χ2v) is 4.58. The SMILES string of the molecule is CN1C(=O)/C(=N\OCc2ccccc2)c2ccccc21. The van der Waals surface area contributed by atoms with Gasteiger partial charge < -0.3 is 9.74 Å². The number of nitrogens with zero attached hydrogens (tertiary/aromatic N) is 2. The molecule has 1 aliphatic rings. The van der Waals surface area contributed by atoms with E-state index in [4.69, 9.17) is 4.84 Å². The molecule has 0 radical (unpaired) electrons. The molecule has 0 aromatic heterocycles. The lowest BCUT2D eigenvalue weighted by Crippen LogP contribution is -2.25. The largest absolute Gasteiger partial charge is 0.390 e. The first-order chi connectivity index (χ1) is 9.77. The molecule has 3 rings (SSSR count). The Morgan fingerprint density at radius 1 is 1.05 bits per heavy atom. The van der Waals surface area contributed by atoms with Crippen LogP contribution in [0.1, 0.15) is 11.1 Å². The second-order valence-electron chi connectivity index (χ2n) is 4.58. The number of carbonyl (C=O) groups is 1. The zero-order valence-corrected chi connectivity index (χ0v) is 11.1. The molecule has 1 heterocycles. The number of benzene rings is 2. The molecule has 0 N–H and O–H groups in total. The lowest BCUT2D eigenvalue weighted by molar-refractivity contribution is -0.112. The molecule has 1 amide bonds. The Kier molecular flexibility index (Phi) is 3.21. The topological polar surface area (TPSA) is 41.9 Å². The van der Waals surface area contributed by atoms with Crippen LogP contribution in [0, 0.1) is 0 Å². The molecular formula is C16H14N2O2. The van der Waals surface area contributed by atoms with Crippen LogP contribution in [0.2, 0.25) is 0 Å². The van der Waals surface area contributed by atoms with Crippen LogP contribution in [0.15, 0.2) is 59.8 Å². The summed E-state index contributed by atoms with van der Waals surface area (Å²) in [6, 6.07) is 17.3. The predicted octanol–water partition coefficient (Wildman–Crippen LogP) is 2.58. The quantitative estimate of drug-likeness (QED) is 0.801. The molecule has 4 heteroatoms. The third-order valence-corrected chi connectivity index (χ3v) is 3.26. The Labute approximate surface area is 117 Å². The van der Waals surface area contributed by atoms with Gasteiger partial charge >= 0.3 is 0 Å². The van der Waals surface area contributed by atoms with E-state index in [2.05, 4.69) is 5.16 Å². The fraction of sp³-hybridized carbons (Fsp3) is 0.125. The molecule has 2 aromatic rings. The van der Waals surface area contributed by atoms with E-state index in [-0.39, 0.29) is 5.91 Å². The number of amides is 1. The normalized spacial score (nSPS) is 15.6. The number of rotatable bonds is 3. The molecule has 2 aromatic carbocycles. The van der Waals surface area contributed by atoms with Gasteiger partial charge in [-0.15, -0.1) is 0 Å². The van der Waals surface area contributed by atoms with Crippen LogP contribution >= 0.6 is 0 Å². The van der Waals surface area contributed by atoms with Gasteiger partial charge in [-0.2, -0.15) is 0 Å². The van der Waals surface area contributed by atoms with Crippen molar-refractivity contribution in [1.29, 1.82) is 0 Å². The van der Waals surface area contributed by atoms with Crippen LogP contribution in [-0.2, 0) is 16.2 Å². The summed E-state index contributed by atoms with van der Waals surface area (Å²) < 4.78 is 0. The molecule has 1 aliphatic heterocycles. The van der Waals surface area contributed by atoms with Crippen LogP contribution < -0.4 is 4.90 Å². The number of fused-ring (bicyclic) bond motifs is 1. The van der Waals surface area contributed by atoms with E-state index in [0.717, 1.165) is 16.8 Å². The fourth-order valence-electron chi connectivity index (χ4n) is 2.18. The molecule has 4 nitrogen and oxygen atoms in total. The van der Waals surface area contributed by atoms with Crippen molar-refractivity contribution in [2.45, 2.75) is 6.61 Å². The van der Waals surface area contributed by atoms with Gasteiger partial charge in [-0.3, -0.25) is 4.79 Å². The van der Waals surface area contributed by atoms with E-state index in [0.29, 0.717) is 12.3 Å². The van der Waals surface area contributed by atoms with Gasteiger partial charge in [-0.05, 0) is 11.6 Å². The Morgan fingerprint density at radius 2 is 1.75 bits per heavy atom. The minimum Gasteiger partial charge on any atom is -0.390 e. The number of anilines is 1. The lowest BCUT2D eigenvalue weighted by atomic mass is 10.1. The Balaban J connectivity index is 1.80. The van der Waals surface area contributed by atoms with E-state index < -0.39 is 0 Å². The molecule has 0 saturated heterocycles. The molecule has 0 saturated carbocycles. The van der Waals surface area contributed by atoms with Gasteiger partial charge in [-0.25, -0.2) is 0 Å². The summed E-state index contributed by atoms with van der Waals surface area (Å²) in [4.78, 5) is 19.0. The van der Waals surface area contributed by atoms with Crippen LogP contribution in [0.4, 0.5) is 5.69 Å². The number of para-hydroxylation sites is 1. The minimum absolute atomic E-state index is 0.140. The Morgan fingerprint density at radius 3 is 2.55 bits per heavy atom. The van der Waals surface area contributed by atoms with Gasteiger partial charge in [0.05, 0.1) is 5.69 Å². The number of oxime groups is 1. The zero-order chi connectivity index (χ0) is 13.9. The first-order valence-corrected chi connectivity index (χ1v) is 6.38. The highest BCUT2D eigenvalue weighted by molar-refractivity contribution is 6.54. The monoisotopic (exact) mass is 266 g/mol. The minimum atomic E-state index is -0.140. The first kappa shape index (κ1) is 12.4. The number of hydrogen-bond donors (Lipinski definition) is 0. The molecule has 0 bridgehead atoms. The van der Waals surface area contributed by atoms with E-state index >= 15 is 0 Å². The third kappa shape index (κ3) is 2.16. The van der Waals surface area contributed by atoms with Gasteiger partial charge in [0.1, 0.15) is 6.61 Å². The average molecular weight is 266 g/mol. The summed E-state index contributed by atoms with van der Waals surface area (Å²) >= 11 is 0. The second kappa shape index (κ2) is 5.17. The van der Waals surface area contributed by atoms with E-state index in [1.165, 1.54) is 0 Å². The highest BCUT2D eigenvalue weighted by Crippen LogP contribution is 2.27. The maximum atomic E-state index is 12.1. The summed E-state index contributed by atoms with van der Waals surface area (Å²) in [6.45, 7) is 0.351. The maximum absolute atomic E-state index is 12.1. The van der Waals surface area contributed by atoms with Crippen molar-refractivity contribution in [2.75, 3.05) is 11.9 Å². The van der Waals surface area contributed by atoms with Crippen molar-refractivity contribution in [3.8, 4) is 0 Å². The van der Waals surface area contributed by atoms with Gasteiger partial charge in [0, 0.05) is 12.6 Å². The van der Waals surface area contributed by atoms with Gasteiger partial charge in [0.15, 0.2) is 5.71 Å². The Hall–Kier alpha value is -2.62. The molecule has 0 unspecified atom stereocenters. The standard InChI is InChI=1S/C16H14N2O2/c1-18-14-10-6-5-9-13(14)15(16(18)19)17-20-11-12-7-3-2-4-8-12/h2-10H,11H2,1H3/b17-15-. The van der Waals surface area contributed by atoms with Crippen LogP contribution in [0.5, 0.6) is 0 Å². The van der Waals surface area contributed by atoms with Gasteiger partial charge in [-0.1, -0.05) is 53.7 Å². The smallest absolute Gasteiger partial charge is 0.280 e. The van der Waals surface area contributed by atoms with Crippen LogP contribution in [0.25, 0.3) is 0 Å². The molecule has 0 fully saturated rings. The molecule has 0 aliphatic carbocycles. The maximum Gasteiger partial charge on any atom is 0.280 e. The van der Waals surface area contributed by atoms with Crippen molar-refractivity contribution >= 4 is 17.3 Å². The van der Waals surface area contributed by atoms with Crippen molar-refractivity contribution in [1.82, 2.24) is 0 Å². The number of hydrogen-bond acceptors (Lipinski definition) is 3. The Bertz CT molecular complexity index is 665. The third-order valence-electron chi connectivity index (χ3n) is 3.26. The van der Waals surface area contributed by atoms with Crippen molar-refractivity contribution in [3.05, 3.63) is 65.7 Å². The number of likely N-dealkylation sites (N-methyl/N-ethyl adjacent to an activating group) is 1. The van der Waals surface area contributed by atoms with Crippen molar-refractivity contribution in [3.63, 3.8) is 0 Å². The van der Waals surface area contributed by atoms with Crippen LogP contribution in [0.3, 0.4) is 0 Å². The van der Waals surface area contributed by atoms with E-state index in [1.807, 2.05) is 54.6 Å². The molecule has 100 valence electrons. The molecule has 0 atom stereocenters. The van der Waals surface area contributed by atoms with Gasteiger partial charge in [0.2, 0.25) is 0 Å². The lowest BCUT2D eigenvalue weighted by Gasteiger charge is -2.07. The van der Waals surface area contributed by atoms with Crippen molar-refractivity contribution in [2.24, 2.45) is 5.16 Å². The van der Waals surface area contributed by atoms with Gasteiger partial charge in [0.25, 0.3) is 5.91 Å². The number of carbonyl (C=O) groups excluding carboxylic acids is 1. The molecule has 0 spiro atoms. The average Bonchev–Trinajstić information content (AvgIpc) is 2.74. The highest BCUT2D eigenvalue weighted by atomic mass is 16.6. The predicted molar refractivity (Wildman–Crippen MR) is 77.6 cm³/mol. The molecule has 20 heavy (non-hydrogen) atoms. The fourth-order valence-corrected chi connectivity index (χ4v) is 2.18. The summed E-state index contributed by atoms with van der Waals surface area (Å²) in [5.41, 5.74) is 3.05. The summed E-state index contributed by atoms with van der Waals surface area (Å²) in [5.74, 6) is -0.140. The first-order valence-electron chi connectivity index (χ1n) is 6.38. The highest BCUT2D eigenvalue weighted by Gasteiger charge is 2.31. The van der Waals surface area contributed by atoms with Crippen molar-refractivity contribution < 1.29 is 9.63 Å². The summed E-state index contributed by atoms with van der Waals surface area (Å²) in [7, 11) is 1.74. The summed E-state index contributed by atoms with van der Waals surface area (Å²) in [6.07, 6.45) is 0.